The number of aryl methyl sites for hydroxylation is 1. The number of rotatable bonds is 4. The third kappa shape index (κ3) is 3.27. The van der Waals surface area contributed by atoms with Crippen LogP contribution in [0.15, 0.2) is 24.4 Å². The lowest BCUT2D eigenvalue weighted by molar-refractivity contribution is -0.132. The lowest BCUT2D eigenvalue weighted by Gasteiger charge is -2.34. The van der Waals surface area contributed by atoms with Gasteiger partial charge >= 0.3 is 0 Å². The molecule has 1 aliphatic carbocycles. The molecule has 0 atom stereocenters. The Balaban J connectivity index is 1.67. The summed E-state index contributed by atoms with van der Waals surface area (Å²) in [7, 11) is 1.92. The third-order valence-electron chi connectivity index (χ3n) is 5.37. The van der Waals surface area contributed by atoms with Crippen molar-refractivity contribution in [1.29, 1.82) is 0 Å². The summed E-state index contributed by atoms with van der Waals surface area (Å²) < 4.78 is 0. The Morgan fingerprint density at radius 3 is 2.74 bits per heavy atom. The van der Waals surface area contributed by atoms with Crippen molar-refractivity contribution in [3.8, 4) is 0 Å². The number of nitrogens with zero attached hydrogens (tertiary/aromatic N) is 1. The fourth-order valence-electron chi connectivity index (χ4n) is 3.72. The summed E-state index contributed by atoms with van der Waals surface area (Å²) in [5.41, 5.74) is 3.41. The molecule has 0 bridgehead atoms. The van der Waals surface area contributed by atoms with E-state index < -0.39 is 0 Å². The predicted octanol–water partition coefficient (Wildman–Crippen LogP) is 3.03. The average molecular weight is 314 g/mol. The van der Waals surface area contributed by atoms with Gasteiger partial charge in [-0.3, -0.25) is 4.79 Å². The summed E-state index contributed by atoms with van der Waals surface area (Å²) in [6.07, 6.45) is 6.45. The maximum atomic E-state index is 12.7. The van der Waals surface area contributed by atoms with Crippen LogP contribution in [0.3, 0.4) is 0 Å². The third-order valence-corrected chi connectivity index (χ3v) is 5.37. The number of likely N-dealkylation sites (N-methyl/N-ethyl adjacent to an activating group) is 1. The summed E-state index contributed by atoms with van der Waals surface area (Å²) in [5.74, 6) is 0.603. The molecule has 2 N–H and O–H groups in total. The fourth-order valence-corrected chi connectivity index (χ4v) is 3.72. The van der Waals surface area contributed by atoms with Crippen LogP contribution in [0.5, 0.6) is 0 Å². The number of aliphatic hydroxyl groups excluding tert-OH is 1. The molecule has 0 unspecified atom stereocenters. The van der Waals surface area contributed by atoms with Crippen LogP contribution in [0.2, 0.25) is 0 Å². The van der Waals surface area contributed by atoms with E-state index in [2.05, 4.69) is 24.0 Å². The highest BCUT2D eigenvalue weighted by molar-refractivity contribution is 5.90. The Hall–Kier alpha value is -1.81. The number of para-hydroxylation sites is 1. The number of carbonyl (C=O) groups is 1. The van der Waals surface area contributed by atoms with Gasteiger partial charge in [0, 0.05) is 36.8 Å². The molecule has 0 radical (unpaired) electrons. The first-order valence-electron chi connectivity index (χ1n) is 8.52. The van der Waals surface area contributed by atoms with Crippen LogP contribution in [-0.2, 0) is 11.2 Å². The highest BCUT2D eigenvalue weighted by Gasteiger charge is 2.26. The summed E-state index contributed by atoms with van der Waals surface area (Å²) in [5, 5.41) is 10.4. The van der Waals surface area contributed by atoms with Crippen LogP contribution in [0.1, 0.15) is 36.8 Å². The van der Waals surface area contributed by atoms with Gasteiger partial charge in [-0.2, -0.15) is 0 Å². The molecule has 3 rings (SSSR count). The molecule has 1 aliphatic rings. The molecular formula is C19H26N2O2. The monoisotopic (exact) mass is 314 g/mol. The minimum Gasteiger partial charge on any atom is -0.396 e. The second-order valence-electron chi connectivity index (χ2n) is 6.85. The summed E-state index contributed by atoms with van der Waals surface area (Å²) in [6, 6.07) is 6.51. The zero-order valence-electron chi connectivity index (χ0n) is 14.0. The van der Waals surface area contributed by atoms with E-state index in [0.717, 1.165) is 42.1 Å². The van der Waals surface area contributed by atoms with E-state index in [0.29, 0.717) is 18.4 Å². The standard InChI is InChI=1S/C19H26N2O2/c1-13-4-3-5-17-15(11-20-19(13)17)10-18(23)21(2)16-8-6-14(12-22)7-9-16/h3-5,11,14,16,20,22H,6-10,12H2,1-2H3. The second kappa shape index (κ2) is 6.75. The smallest absolute Gasteiger partial charge is 0.227 e. The number of aromatic nitrogens is 1. The Kier molecular flexibility index (Phi) is 4.71. The number of nitrogens with one attached hydrogen (secondary N) is 1. The SMILES string of the molecule is Cc1cccc2c(CC(=O)N(C)C3CCC(CO)CC3)c[nH]c12. The van der Waals surface area contributed by atoms with Crippen molar-refractivity contribution in [3.63, 3.8) is 0 Å². The van der Waals surface area contributed by atoms with Gasteiger partial charge in [0.15, 0.2) is 0 Å². The lowest BCUT2D eigenvalue weighted by Crippen LogP contribution is -2.40. The molecule has 1 aromatic carbocycles. The van der Waals surface area contributed by atoms with E-state index in [1.807, 2.05) is 24.2 Å². The first-order valence-corrected chi connectivity index (χ1v) is 8.52. The first kappa shape index (κ1) is 16.1. The van der Waals surface area contributed by atoms with Gasteiger partial charge in [-0.1, -0.05) is 18.2 Å². The van der Waals surface area contributed by atoms with E-state index in [1.54, 1.807) is 0 Å². The van der Waals surface area contributed by atoms with Crippen LogP contribution >= 0.6 is 0 Å². The number of benzene rings is 1. The number of fused-ring (bicyclic) bond motifs is 1. The maximum absolute atomic E-state index is 12.7. The predicted molar refractivity (Wildman–Crippen MR) is 92.3 cm³/mol. The highest BCUT2D eigenvalue weighted by Crippen LogP contribution is 2.27. The molecule has 1 aromatic heterocycles. The van der Waals surface area contributed by atoms with Crippen LogP contribution in [0, 0.1) is 12.8 Å². The Labute approximate surface area is 137 Å². The van der Waals surface area contributed by atoms with Gasteiger partial charge < -0.3 is 15.0 Å². The highest BCUT2D eigenvalue weighted by atomic mass is 16.3. The van der Waals surface area contributed by atoms with Crippen LogP contribution in [0.25, 0.3) is 10.9 Å². The van der Waals surface area contributed by atoms with Gasteiger partial charge in [-0.15, -0.1) is 0 Å². The fraction of sp³-hybridized carbons (Fsp3) is 0.526. The van der Waals surface area contributed by atoms with Crippen molar-refractivity contribution < 1.29 is 9.90 Å². The lowest BCUT2D eigenvalue weighted by atomic mass is 9.86. The zero-order valence-corrected chi connectivity index (χ0v) is 14.0. The Morgan fingerprint density at radius 2 is 2.04 bits per heavy atom. The van der Waals surface area contributed by atoms with Crippen molar-refractivity contribution in [2.24, 2.45) is 5.92 Å². The zero-order chi connectivity index (χ0) is 16.4. The minimum absolute atomic E-state index is 0.180. The van der Waals surface area contributed by atoms with Gasteiger partial charge in [-0.05, 0) is 49.7 Å². The minimum atomic E-state index is 0.180. The number of carbonyl (C=O) groups excluding carboxylic acids is 1. The molecule has 4 nitrogen and oxygen atoms in total. The van der Waals surface area contributed by atoms with E-state index in [-0.39, 0.29) is 12.5 Å². The number of aliphatic hydroxyl groups is 1. The molecule has 1 fully saturated rings. The molecule has 1 saturated carbocycles. The number of aromatic amines is 1. The van der Waals surface area contributed by atoms with Gasteiger partial charge in [0.05, 0.1) is 6.42 Å². The molecule has 0 aliphatic heterocycles. The quantitative estimate of drug-likeness (QED) is 0.911. The summed E-state index contributed by atoms with van der Waals surface area (Å²) >= 11 is 0. The Morgan fingerprint density at radius 1 is 1.30 bits per heavy atom. The number of amides is 1. The first-order chi connectivity index (χ1) is 11.1. The number of hydrogen-bond donors (Lipinski definition) is 2. The van der Waals surface area contributed by atoms with Crippen molar-refractivity contribution in [1.82, 2.24) is 9.88 Å². The van der Waals surface area contributed by atoms with Gasteiger partial charge in [0.1, 0.15) is 0 Å². The van der Waals surface area contributed by atoms with Gasteiger partial charge in [-0.25, -0.2) is 0 Å². The van der Waals surface area contributed by atoms with Crippen LogP contribution in [-0.4, -0.2) is 40.6 Å². The molecule has 0 spiro atoms. The molecule has 2 aromatic rings. The molecule has 1 heterocycles. The molecule has 4 heteroatoms. The molecular weight excluding hydrogens is 288 g/mol. The molecule has 124 valence electrons. The van der Waals surface area contributed by atoms with Crippen molar-refractivity contribution >= 4 is 16.8 Å². The van der Waals surface area contributed by atoms with E-state index in [1.165, 1.54) is 5.56 Å². The topological polar surface area (TPSA) is 56.3 Å². The number of H-pyrrole nitrogens is 1. The largest absolute Gasteiger partial charge is 0.396 e. The van der Waals surface area contributed by atoms with Gasteiger partial charge in [0.2, 0.25) is 5.91 Å². The maximum Gasteiger partial charge on any atom is 0.227 e. The second-order valence-corrected chi connectivity index (χ2v) is 6.85. The Bertz CT molecular complexity index is 684. The average Bonchev–Trinajstić information content (AvgIpc) is 2.98. The van der Waals surface area contributed by atoms with E-state index in [4.69, 9.17) is 0 Å². The van der Waals surface area contributed by atoms with E-state index >= 15 is 0 Å². The van der Waals surface area contributed by atoms with E-state index in [9.17, 15) is 9.90 Å². The molecule has 0 saturated heterocycles. The van der Waals surface area contributed by atoms with Crippen LogP contribution < -0.4 is 0 Å². The summed E-state index contributed by atoms with van der Waals surface area (Å²) in [4.78, 5) is 17.9. The van der Waals surface area contributed by atoms with Crippen molar-refractivity contribution in [2.75, 3.05) is 13.7 Å². The van der Waals surface area contributed by atoms with Gasteiger partial charge in [0.25, 0.3) is 0 Å². The number of hydrogen-bond acceptors (Lipinski definition) is 2. The normalized spacial score (nSPS) is 21.5. The summed E-state index contributed by atoms with van der Waals surface area (Å²) in [6.45, 7) is 2.36. The molecule has 1 amide bonds. The van der Waals surface area contributed by atoms with Crippen molar-refractivity contribution in [2.45, 2.75) is 45.1 Å². The van der Waals surface area contributed by atoms with Crippen LogP contribution in [0.4, 0.5) is 0 Å². The molecule has 23 heavy (non-hydrogen) atoms. The van der Waals surface area contributed by atoms with Crippen molar-refractivity contribution in [3.05, 3.63) is 35.5 Å².